The monoisotopic (exact) mass is 262 g/mol. The molecule has 0 saturated carbocycles. The van der Waals surface area contributed by atoms with Crippen molar-refractivity contribution in [3.8, 4) is 0 Å². The Balaban J connectivity index is 2.38. The van der Waals surface area contributed by atoms with Gasteiger partial charge in [0.1, 0.15) is 0 Å². The average molecular weight is 262 g/mol. The summed E-state index contributed by atoms with van der Waals surface area (Å²) in [7, 11) is 0. The lowest BCUT2D eigenvalue weighted by Gasteiger charge is -2.07. The van der Waals surface area contributed by atoms with E-state index in [1.165, 1.54) is 11.8 Å². The van der Waals surface area contributed by atoms with Crippen LogP contribution in [0.2, 0.25) is 0 Å². The number of aromatic carboxylic acids is 1. The van der Waals surface area contributed by atoms with Crippen molar-refractivity contribution < 1.29 is 9.90 Å². The maximum Gasteiger partial charge on any atom is 0.360 e. The summed E-state index contributed by atoms with van der Waals surface area (Å²) in [5.41, 5.74) is 0.546. The molecule has 0 unspecified atom stereocenters. The Morgan fingerprint density at radius 3 is 2.61 bits per heavy atom. The quantitative estimate of drug-likeness (QED) is 0.815. The molecular weight excluding hydrogens is 252 g/mol. The number of nitrogens with zero attached hydrogens (tertiary/aromatic N) is 3. The molecule has 2 N–H and O–H groups in total. The Hall–Kier alpha value is -2.15. The first kappa shape index (κ1) is 12.3. The molecule has 7 heteroatoms. The number of carboxylic acids is 1. The predicted octanol–water partition coefficient (Wildman–Crippen LogP) is 2.04. The molecule has 2 aromatic rings. The van der Waals surface area contributed by atoms with Crippen LogP contribution in [0.1, 0.15) is 10.5 Å². The zero-order valence-electron chi connectivity index (χ0n) is 9.49. The van der Waals surface area contributed by atoms with Crippen LogP contribution in [-0.2, 0) is 0 Å². The molecular formula is C11H10N4O2S. The van der Waals surface area contributed by atoms with Gasteiger partial charge < -0.3 is 10.4 Å². The van der Waals surface area contributed by atoms with Gasteiger partial charge in [0, 0.05) is 5.69 Å². The number of rotatable bonds is 4. The second kappa shape index (κ2) is 5.46. The van der Waals surface area contributed by atoms with Gasteiger partial charge in [0.25, 0.3) is 0 Å². The van der Waals surface area contributed by atoms with E-state index in [4.69, 9.17) is 5.11 Å². The van der Waals surface area contributed by atoms with E-state index in [-0.39, 0.29) is 11.5 Å². The van der Waals surface area contributed by atoms with Crippen molar-refractivity contribution in [2.75, 3.05) is 11.6 Å². The van der Waals surface area contributed by atoms with Crippen LogP contribution >= 0.6 is 11.8 Å². The second-order valence-corrected chi connectivity index (χ2v) is 4.07. The van der Waals surface area contributed by atoms with Gasteiger partial charge in [0.15, 0.2) is 5.82 Å². The van der Waals surface area contributed by atoms with E-state index in [0.717, 1.165) is 5.69 Å². The molecule has 1 heterocycles. The third kappa shape index (κ3) is 2.75. The number of nitrogens with one attached hydrogen (secondary N) is 1. The molecule has 92 valence electrons. The minimum absolute atomic E-state index is 0.188. The minimum atomic E-state index is -1.17. The largest absolute Gasteiger partial charge is 0.476 e. The van der Waals surface area contributed by atoms with Crippen LogP contribution in [0.5, 0.6) is 0 Å². The van der Waals surface area contributed by atoms with Crippen molar-refractivity contribution in [1.29, 1.82) is 0 Å². The van der Waals surface area contributed by atoms with Crippen molar-refractivity contribution >= 4 is 29.2 Å². The van der Waals surface area contributed by atoms with Gasteiger partial charge in [-0.05, 0) is 18.4 Å². The molecule has 1 aromatic carbocycles. The fourth-order valence-corrected chi connectivity index (χ4v) is 1.59. The lowest BCUT2D eigenvalue weighted by Crippen LogP contribution is -2.10. The molecule has 0 spiro atoms. The maximum absolute atomic E-state index is 11.0. The maximum atomic E-state index is 11.0. The van der Waals surface area contributed by atoms with Crippen LogP contribution in [0.25, 0.3) is 0 Å². The summed E-state index contributed by atoms with van der Waals surface area (Å²) < 4.78 is 0. The number of hydrogen-bond acceptors (Lipinski definition) is 6. The first-order valence-corrected chi connectivity index (χ1v) is 6.27. The van der Waals surface area contributed by atoms with E-state index < -0.39 is 5.97 Å². The first-order chi connectivity index (χ1) is 8.70. The summed E-state index contributed by atoms with van der Waals surface area (Å²) in [6, 6.07) is 9.17. The molecule has 0 saturated heterocycles. The van der Waals surface area contributed by atoms with Gasteiger partial charge in [-0.1, -0.05) is 30.0 Å². The van der Waals surface area contributed by atoms with Gasteiger partial charge >= 0.3 is 5.97 Å². The fourth-order valence-electron chi connectivity index (χ4n) is 1.29. The third-order valence-corrected chi connectivity index (χ3v) is 2.63. The van der Waals surface area contributed by atoms with Gasteiger partial charge in [-0.25, -0.2) is 9.78 Å². The highest BCUT2D eigenvalue weighted by molar-refractivity contribution is 7.98. The highest BCUT2D eigenvalue weighted by Gasteiger charge is 2.15. The zero-order chi connectivity index (χ0) is 13.0. The van der Waals surface area contributed by atoms with Gasteiger partial charge in [-0.2, -0.15) is 0 Å². The summed E-state index contributed by atoms with van der Waals surface area (Å²) in [4.78, 5) is 15.1. The second-order valence-electron chi connectivity index (χ2n) is 3.29. The SMILES string of the molecule is CSc1nnc(C(=O)O)c(Nc2ccccc2)n1. The highest BCUT2D eigenvalue weighted by atomic mass is 32.2. The summed E-state index contributed by atoms with van der Waals surface area (Å²) >= 11 is 1.30. The number of anilines is 2. The molecule has 2 rings (SSSR count). The molecule has 6 nitrogen and oxygen atoms in total. The number of aromatic nitrogens is 3. The van der Waals surface area contributed by atoms with Crippen LogP contribution < -0.4 is 5.32 Å². The smallest absolute Gasteiger partial charge is 0.360 e. The van der Waals surface area contributed by atoms with Gasteiger partial charge in [-0.3, -0.25) is 0 Å². The number of benzene rings is 1. The number of hydrogen-bond donors (Lipinski definition) is 2. The normalized spacial score (nSPS) is 10.1. The molecule has 0 atom stereocenters. The lowest BCUT2D eigenvalue weighted by atomic mass is 10.3. The summed E-state index contributed by atoms with van der Waals surface area (Å²) in [5, 5.41) is 19.7. The van der Waals surface area contributed by atoms with Crippen LogP contribution in [0.15, 0.2) is 35.5 Å². The zero-order valence-corrected chi connectivity index (χ0v) is 10.3. The Labute approximate surface area is 107 Å². The van der Waals surface area contributed by atoms with Gasteiger partial charge in [-0.15, -0.1) is 10.2 Å². The van der Waals surface area contributed by atoms with Crippen LogP contribution in [-0.4, -0.2) is 32.5 Å². The number of para-hydroxylation sites is 1. The Morgan fingerprint density at radius 1 is 1.28 bits per heavy atom. The van der Waals surface area contributed by atoms with Crippen molar-refractivity contribution in [3.63, 3.8) is 0 Å². The molecule has 0 aliphatic rings. The summed E-state index contributed by atoms with van der Waals surface area (Å²) in [5.74, 6) is -0.978. The standard InChI is InChI=1S/C11H10N4O2S/c1-18-11-13-9(8(10(16)17)14-15-11)12-7-5-3-2-4-6-7/h2-6H,1H3,(H,16,17)(H,12,13,15). The minimum Gasteiger partial charge on any atom is -0.476 e. The Bertz CT molecular complexity index is 562. The van der Waals surface area contributed by atoms with E-state index >= 15 is 0 Å². The van der Waals surface area contributed by atoms with Gasteiger partial charge in [0.2, 0.25) is 10.9 Å². The van der Waals surface area contributed by atoms with Crippen LogP contribution in [0, 0.1) is 0 Å². The van der Waals surface area contributed by atoms with E-state index in [2.05, 4.69) is 20.5 Å². The first-order valence-electron chi connectivity index (χ1n) is 5.05. The van der Waals surface area contributed by atoms with E-state index in [1.54, 1.807) is 6.26 Å². The van der Waals surface area contributed by atoms with Crippen LogP contribution in [0.4, 0.5) is 11.5 Å². The predicted molar refractivity (Wildman–Crippen MR) is 68.3 cm³/mol. The van der Waals surface area contributed by atoms with Crippen molar-refractivity contribution in [2.24, 2.45) is 0 Å². The topological polar surface area (TPSA) is 88.0 Å². The fraction of sp³-hybridized carbons (Fsp3) is 0.0909. The molecule has 1 aromatic heterocycles. The number of carboxylic acid groups (broad SMARTS) is 1. The van der Waals surface area contributed by atoms with E-state index in [9.17, 15) is 4.79 Å². The van der Waals surface area contributed by atoms with Crippen molar-refractivity contribution in [3.05, 3.63) is 36.0 Å². The third-order valence-electron chi connectivity index (χ3n) is 2.09. The summed E-state index contributed by atoms with van der Waals surface area (Å²) in [6.07, 6.45) is 1.80. The molecule has 0 amide bonds. The molecule has 0 radical (unpaired) electrons. The summed E-state index contributed by atoms with van der Waals surface area (Å²) in [6.45, 7) is 0. The molecule has 18 heavy (non-hydrogen) atoms. The van der Waals surface area contributed by atoms with Gasteiger partial charge in [0.05, 0.1) is 0 Å². The molecule has 0 aliphatic heterocycles. The number of carbonyl (C=O) groups is 1. The molecule has 0 aliphatic carbocycles. The molecule has 0 bridgehead atoms. The average Bonchev–Trinajstić information content (AvgIpc) is 2.39. The van der Waals surface area contributed by atoms with Crippen molar-refractivity contribution in [1.82, 2.24) is 15.2 Å². The van der Waals surface area contributed by atoms with Crippen molar-refractivity contribution in [2.45, 2.75) is 5.16 Å². The highest BCUT2D eigenvalue weighted by Crippen LogP contribution is 2.19. The van der Waals surface area contributed by atoms with Crippen LogP contribution in [0.3, 0.4) is 0 Å². The molecule has 0 fully saturated rings. The van der Waals surface area contributed by atoms with E-state index in [0.29, 0.717) is 5.16 Å². The number of thioether (sulfide) groups is 1. The Morgan fingerprint density at radius 2 is 2.00 bits per heavy atom. The Kier molecular flexibility index (Phi) is 3.73. The van der Waals surface area contributed by atoms with E-state index in [1.807, 2.05) is 30.3 Å². The lowest BCUT2D eigenvalue weighted by molar-refractivity contribution is 0.0689.